The highest BCUT2D eigenvalue weighted by atomic mass is 32.1. The van der Waals surface area contributed by atoms with E-state index in [4.69, 9.17) is 4.42 Å². The maximum absolute atomic E-state index is 12.4. The zero-order valence-electron chi connectivity index (χ0n) is 15.4. The Morgan fingerprint density at radius 3 is 2.75 bits per heavy atom. The molecule has 28 heavy (non-hydrogen) atoms. The second kappa shape index (κ2) is 7.82. The van der Waals surface area contributed by atoms with Gasteiger partial charge < -0.3 is 8.98 Å². The van der Waals surface area contributed by atoms with E-state index in [-0.39, 0.29) is 18.9 Å². The van der Waals surface area contributed by atoms with Gasteiger partial charge in [0.15, 0.2) is 10.4 Å². The lowest BCUT2D eigenvalue weighted by atomic mass is 10.1. The van der Waals surface area contributed by atoms with E-state index in [0.29, 0.717) is 22.4 Å². The number of benzene rings is 2. The molecule has 0 aliphatic heterocycles. The molecule has 1 amide bonds. The molecule has 0 fully saturated rings. The third-order valence-electron chi connectivity index (χ3n) is 4.48. The molecule has 142 valence electrons. The zero-order chi connectivity index (χ0) is 19.5. The lowest BCUT2D eigenvalue weighted by Crippen LogP contribution is -2.19. The van der Waals surface area contributed by atoms with Crippen LogP contribution in [0, 0.1) is 6.92 Å². The topological polar surface area (TPSA) is 69.5 Å². The first-order valence-corrected chi connectivity index (χ1v) is 9.83. The van der Waals surface area contributed by atoms with Crippen molar-refractivity contribution >= 4 is 28.3 Å². The molecule has 6 nitrogen and oxygen atoms in total. The molecule has 0 bridgehead atoms. The molecule has 2 aromatic carbocycles. The van der Waals surface area contributed by atoms with Gasteiger partial charge in [-0.25, -0.2) is 4.79 Å². The Kier molecular flexibility index (Phi) is 5.08. The van der Waals surface area contributed by atoms with Gasteiger partial charge in [0.05, 0.1) is 5.52 Å². The van der Waals surface area contributed by atoms with Gasteiger partial charge in [-0.05, 0) is 24.6 Å². The molecule has 0 spiro atoms. The molecule has 0 saturated heterocycles. The minimum Gasteiger partial charge on any atom is -0.408 e. The number of carbonyl (C=O) groups is 1. The molecule has 0 aliphatic carbocycles. The van der Waals surface area contributed by atoms with Crippen LogP contribution in [0.1, 0.15) is 17.5 Å². The SMILES string of the molecule is Cc1ccc(Cn2ccsc2=NC(=O)CCn2c(=O)oc3ccccc32)cc1. The number of carbonyl (C=O) groups excluding carboxylic acids is 1. The van der Waals surface area contributed by atoms with Crippen LogP contribution in [0.3, 0.4) is 0 Å². The van der Waals surface area contributed by atoms with Crippen molar-refractivity contribution in [3.05, 3.63) is 86.6 Å². The number of hydrogen-bond acceptors (Lipinski definition) is 4. The third kappa shape index (κ3) is 3.89. The van der Waals surface area contributed by atoms with Crippen LogP contribution in [0.4, 0.5) is 0 Å². The fourth-order valence-corrected chi connectivity index (χ4v) is 3.74. The van der Waals surface area contributed by atoms with Gasteiger partial charge in [0.25, 0.3) is 0 Å². The Morgan fingerprint density at radius 2 is 1.93 bits per heavy atom. The van der Waals surface area contributed by atoms with Gasteiger partial charge in [0, 0.05) is 31.1 Å². The molecular formula is C21H19N3O3S. The summed E-state index contributed by atoms with van der Waals surface area (Å²) in [6.07, 6.45) is 2.05. The van der Waals surface area contributed by atoms with Crippen molar-refractivity contribution in [1.29, 1.82) is 0 Å². The van der Waals surface area contributed by atoms with Crippen molar-refractivity contribution < 1.29 is 9.21 Å². The Labute approximate surface area is 165 Å². The first kappa shape index (κ1) is 18.2. The van der Waals surface area contributed by atoms with Crippen molar-refractivity contribution in [2.75, 3.05) is 0 Å². The maximum Gasteiger partial charge on any atom is 0.419 e. The summed E-state index contributed by atoms with van der Waals surface area (Å²) < 4.78 is 8.62. The highest BCUT2D eigenvalue weighted by molar-refractivity contribution is 7.07. The summed E-state index contributed by atoms with van der Waals surface area (Å²) in [4.78, 5) is 29.3. The Hall–Kier alpha value is -3.19. The van der Waals surface area contributed by atoms with Gasteiger partial charge in [0.1, 0.15) is 0 Å². The molecular weight excluding hydrogens is 374 g/mol. The second-order valence-electron chi connectivity index (χ2n) is 6.54. The predicted molar refractivity (Wildman–Crippen MR) is 108 cm³/mol. The lowest BCUT2D eigenvalue weighted by molar-refractivity contribution is -0.118. The lowest BCUT2D eigenvalue weighted by Gasteiger charge is -2.04. The quantitative estimate of drug-likeness (QED) is 0.522. The van der Waals surface area contributed by atoms with E-state index < -0.39 is 5.76 Å². The average Bonchev–Trinajstić information content (AvgIpc) is 3.25. The Balaban J connectivity index is 1.50. The molecule has 4 aromatic rings. The Morgan fingerprint density at radius 1 is 1.14 bits per heavy atom. The molecule has 0 radical (unpaired) electrons. The number of nitrogens with zero attached hydrogens (tertiary/aromatic N) is 3. The normalized spacial score (nSPS) is 12.0. The molecule has 7 heteroatoms. The first-order chi connectivity index (χ1) is 13.6. The van der Waals surface area contributed by atoms with Crippen molar-refractivity contribution in [3.63, 3.8) is 0 Å². The number of amides is 1. The monoisotopic (exact) mass is 393 g/mol. The van der Waals surface area contributed by atoms with E-state index in [1.165, 1.54) is 21.5 Å². The van der Waals surface area contributed by atoms with Crippen LogP contribution in [0.2, 0.25) is 0 Å². The number of fused-ring (bicyclic) bond motifs is 1. The summed E-state index contributed by atoms with van der Waals surface area (Å²) in [6, 6.07) is 15.5. The summed E-state index contributed by atoms with van der Waals surface area (Å²) in [5.74, 6) is -0.725. The smallest absolute Gasteiger partial charge is 0.408 e. The van der Waals surface area contributed by atoms with Gasteiger partial charge in [-0.2, -0.15) is 4.99 Å². The fraction of sp³-hybridized carbons (Fsp3) is 0.190. The minimum absolute atomic E-state index is 0.131. The number of aromatic nitrogens is 2. The molecule has 0 N–H and O–H groups in total. The largest absolute Gasteiger partial charge is 0.419 e. The van der Waals surface area contributed by atoms with Gasteiger partial charge in [-0.15, -0.1) is 11.3 Å². The number of oxazole rings is 1. The van der Waals surface area contributed by atoms with E-state index in [9.17, 15) is 9.59 Å². The fourth-order valence-electron chi connectivity index (χ4n) is 2.99. The van der Waals surface area contributed by atoms with Crippen LogP contribution in [0.15, 0.2) is 74.3 Å². The molecule has 0 unspecified atom stereocenters. The van der Waals surface area contributed by atoms with E-state index in [1.807, 2.05) is 22.2 Å². The predicted octanol–water partition coefficient (Wildman–Crippen LogP) is 3.33. The van der Waals surface area contributed by atoms with Crippen molar-refractivity contribution in [3.8, 4) is 0 Å². The second-order valence-corrected chi connectivity index (χ2v) is 7.41. The van der Waals surface area contributed by atoms with E-state index in [1.54, 1.807) is 18.2 Å². The third-order valence-corrected chi connectivity index (χ3v) is 5.27. The van der Waals surface area contributed by atoms with E-state index >= 15 is 0 Å². The van der Waals surface area contributed by atoms with Crippen LogP contribution in [0.5, 0.6) is 0 Å². The Bertz CT molecular complexity index is 1240. The number of thiazole rings is 1. The molecule has 0 saturated carbocycles. The molecule has 0 aliphatic rings. The molecule has 0 atom stereocenters. The summed E-state index contributed by atoms with van der Waals surface area (Å²) in [7, 11) is 0. The summed E-state index contributed by atoms with van der Waals surface area (Å²) in [5, 5.41) is 1.91. The number of hydrogen-bond donors (Lipinski definition) is 0. The maximum atomic E-state index is 12.4. The van der Waals surface area contributed by atoms with Crippen LogP contribution in [-0.2, 0) is 17.9 Å². The molecule has 2 aromatic heterocycles. The van der Waals surface area contributed by atoms with Crippen molar-refractivity contribution in [2.24, 2.45) is 4.99 Å². The zero-order valence-corrected chi connectivity index (χ0v) is 16.2. The standard InChI is InChI=1S/C21H19N3O3S/c1-15-6-8-16(9-7-15)14-23-12-13-28-20(23)22-19(25)10-11-24-17-4-2-3-5-18(17)27-21(24)26/h2-9,12-13H,10-11,14H2,1H3. The van der Waals surface area contributed by atoms with Crippen LogP contribution < -0.4 is 10.6 Å². The van der Waals surface area contributed by atoms with Gasteiger partial charge in [-0.3, -0.25) is 9.36 Å². The number of rotatable bonds is 5. The van der Waals surface area contributed by atoms with Gasteiger partial charge in [-0.1, -0.05) is 42.0 Å². The van der Waals surface area contributed by atoms with Crippen molar-refractivity contribution in [1.82, 2.24) is 9.13 Å². The number of aryl methyl sites for hydroxylation is 2. The average molecular weight is 393 g/mol. The highest BCUT2D eigenvalue weighted by Gasteiger charge is 2.10. The van der Waals surface area contributed by atoms with Gasteiger partial charge >= 0.3 is 5.76 Å². The molecule has 4 rings (SSSR count). The van der Waals surface area contributed by atoms with Gasteiger partial charge in [0.2, 0.25) is 5.91 Å². The number of para-hydroxylation sites is 2. The van der Waals surface area contributed by atoms with Crippen molar-refractivity contribution in [2.45, 2.75) is 26.4 Å². The summed E-state index contributed by atoms with van der Waals surface area (Å²) in [5.41, 5.74) is 3.56. The first-order valence-electron chi connectivity index (χ1n) is 8.95. The highest BCUT2D eigenvalue weighted by Crippen LogP contribution is 2.12. The van der Waals surface area contributed by atoms with Crippen LogP contribution in [-0.4, -0.2) is 15.0 Å². The van der Waals surface area contributed by atoms with E-state index in [2.05, 4.69) is 36.2 Å². The summed E-state index contributed by atoms with van der Waals surface area (Å²) in [6.45, 7) is 2.94. The van der Waals surface area contributed by atoms with Crippen LogP contribution in [0.25, 0.3) is 11.1 Å². The molecule has 2 heterocycles. The van der Waals surface area contributed by atoms with Crippen LogP contribution >= 0.6 is 11.3 Å². The van der Waals surface area contributed by atoms with E-state index in [0.717, 1.165) is 5.56 Å². The minimum atomic E-state index is -0.459. The summed E-state index contributed by atoms with van der Waals surface area (Å²) >= 11 is 1.42.